The van der Waals surface area contributed by atoms with Crippen LogP contribution in [0.1, 0.15) is 11.4 Å². The molecule has 18 heavy (non-hydrogen) atoms. The van der Waals surface area contributed by atoms with Crippen LogP contribution in [-0.2, 0) is 19.6 Å². The van der Waals surface area contributed by atoms with E-state index in [1.165, 1.54) is 0 Å². The molecule has 0 bridgehead atoms. The molecule has 6 heteroatoms. The van der Waals surface area contributed by atoms with E-state index in [0.717, 1.165) is 48.3 Å². The van der Waals surface area contributed by atoms with Crippen molar-refractivity contribution in [2.75, 3.05) is 12.3 Å². The Bertz CT molecular complexity index is 565. The lowest BCUT2D eigenvalue weighted by Gasteiger charge is -2.27. The molecule has 0 saturated heterocycles. The fourth-order valence-electron chi connectivity index (χ4n) is 2.21. The highest BCUT2D eigenvalue weighted by molar-refractivity contribution is 6.31. The zero-order chi connectivity index (χ0) is 12.5. The first-order chi connectivity index (χ1) is 8.72. The Hall–Kier alpha value is -1.59. The molecule has 3 rings (SSSR count). The average Bonchev–Trinajstić information content (AvgIpc) is 2.81. The Morgan fingerprint density at radius 3 is 3.11 bits per heavy atom. The third-order valence-electron chi connectivity index (χ3n) is 3.18. The standard InChI is InChI=1S/C12H14ClN5/c13-11-2-1-10(14)5-9(11)6-17-3-4-18-8-15-16-12(18)7-17/h1-2,5,8H,3-4,6-7,14H2. The molecule has 1 aliphatic rings. The molecule has 0 atom stereocenters. The maximum atomic E-state index is 6.18. The van der Waals surface area contributed by atoms with Gasteiger partial charge in [-0.25, -0.2) is 0 Å². The molecular weight excluding hydrogens is 250 g/mol. The van der Waals surface area contributed by atoms with Gasteiger partial charge >= 0.3 is 0 Å². The number of nitrogen functional groups attached to an aromatic ring is 1. The van der Waals surface area contributed by atoms with E-state index in [9.17, 15) is 0 Å². The molecule has 0 fully saturated rings. The highest BCUT2D eigenvalue weighted by atomic mass is 35.5. The van der Waals surface area contributed by atoms with Gasteiger partial charge in [0.1, 0.15) is 12.2 Å². The topological polar surface area (TPSA) is 60.0 Å². The molecular formula is C12H14ClN5. The number of hydrogen-bond donors (Lipinski definition) is 1. The van der Waals surface area contributed by atoms with Gasteiger partial charge in [0.05, 0.1) is 6.54 Å². The number of nitrogens with zero attached hydrogens (tertiary/aromatic N) is 4. The molecule has 1 aromatic heterocycles. The van der Waals surface area contributed by atoms with Crippen molar-refractivity contribution in [1.29, 1.82) is 0 Å². The molecule has 0 radical (unpaired) electrons. The third kappa shape index (κ3) is 2.19. The summed E-state index contributed by atoms with van der Waals surface area (Å²) in [7, 11) is 0. The minimum atomic E-state index is 0.745. The van der Waals surface area contributed by atoms with E-state index in [4.69, 9.17) is 17.3 Å². The maximum absolute atomic E-state index is 6.18. The third-order valence-corrected chi connectivity index (χ3v) is 3.55. The van der Waals surface area contributed by atoms with Gasteiger partial charge in [0.2, 0.25) is 0 Å². The minimum Gasteiger partial charge on any atom is -0.399 e. The highest BCUT2D eigenvalue weighted by Crippen LogP contribution is 2.22. The van der Waals surface area contributed by atoms with Crippen LogP contribution in [-0.4, -0.2) is 26.2 Å². The minimum absolute atomic E-state index is 0.745. The largest absolute Gasteiger partial charge is 0.399 e. The van der Waals surface area contributed by atoms with Gasteiger partial charge in [-0.1, -0.05) is 11.6 Å². The van der Waals surface area contributed by atoms with Gasteiger partial charge in [-0.15, -0.1) is 10.2 Å². The number of hydrogen-bond acceptors (Lipinski definition) is 4. The van der Waals surface area contributed by atoms with Gasteiger partial charge < -0.3 is 10.3 Å². The van der Waals surface area contributed by atoms with Crippen molar-refractivity contribution in [1.82, 2.24) is 19.7 Å². The second-order valence-electron chi connectivity index (χ2n) is 4.50. The summed E-state index contributed by atoms with van der Waals surface area (Å²) in [6.45, 7) is 3.47. The fraction of sp³-hybridized carbons (Fsp3) is 0.333. The van der Waals surface area contributed by atoms with Crippen molar-refractivity contribution in [3.8, 4) is 0 Å². The number of benzene rings is 1. The number of nitrogens with two attached hydrogens (primary N) is 1. The van der Waals surface area contributed by atoms with Crippen LogP contribution in [0.25, 0.3) is 0 Å². The van der Waals surface area contributed by atoms with Gasteiger partial charge in [-0.2, -0.15) is 0 Å². The van der Waals surface area contributed by atoms with Crippen molar-refractivity contribution in [2.45, 2.75) is 19.6 Å². The van der Waals surface area contributed by atoms with Gasteiger partial charge in [0.15, 0.2) is 0 Å². The number of halogens is 1. The average molecular weight is 264 g/mol. The van der Waals surface area contributed by atoms with E-state index >= 15 is 0 Å². The van der Waals surface area contributed by atoms with E-state index in [0.29, 0.717) is 0 Å². The molecule has 2 N–H and O–H groups in total. The number of aromatic nitrogens is 3. The normalized spacial score (nSPS) is 15.6. The molecule has 94 valence electrons. The Morgan fingerprint density at radius 1 is 1.33 bits per heavy atom. The summed E-state index contributed by atoms with van der Waals surface area (Å²) in [6.07, 6.45) is 1.78. The fourth-order valence-corrected chi connectivity index (χ4v) is 2.39. The first-order valence-corrected chi connectivity index (χ1v) is 6.23. The number of rotatable bonds is 2. The molecule has 0 amide bonds. The number of anilines is 1. The van der Waals surface area contributed by atoms with Crippen LogP contribution in [0.4, 0.5) is 5.69 Å². The van der Waals surface area contributed by atoms with Gasteiger partial charge in [0.25, 0.3) is 0 Å². The van der Waals surface area contributed by atoms with Crippen molar-refractivity contribution >= 4 is 17.3 Å². The lowest BCUT2D eigenvalue weighted by molar-refractivity contribution is 0.209. The summed E-state index contributed by atoms with van der Waals surface area (Å²) in [4.78, 5) is 2.30. The summed E-state index contributed by atoms with van der Waals surface area (Å²) in [5.74, 6) is 1.00. The zero-order valence-electron chi connectivity index (χ0n) is 9.88. The molecule has 0 aliphatic carbocycles. The van der Waals surface area contributed by atoms with Crippen molar-refractivity contribution in [2.24, 2.45) is 0 Å². The van der Waals surface area contributed by atoms with Crippen LogP contribution in [0.3, 0.4) is 0 Å². The van der Waals surface area contributed by atoms with Crippen LogP contribution >= 0.6 is 11.6 Å². The van der Waals surface area contributed by atoms with Crippen LogP contribution in [0.15, 0.2) is 24.5 Å². The summed E-state index contributed by atoms with van der Waals surface area (Å²) in [5, 5.41) is 8.78. The van der Waals surface area contributed by atoms with E-state index in [2.05, 4.69) is 19.7 Å². The predicted octanol–water partition coefficient (Wildman–Crippen LogP) is 1.53. The molecule has 5 nitrogen and oxygen atoms in total. The monoisotopic (exact) mass is 263 g/mol. The Balaban J connectivity index is 1.76. The molecule has 2 heterocycles. The lowest BCUT2D eigenvalue weighted by Crippen LogP contribution is -2.33. The molecule has 2 aromatic rings. The maximum Gasteiger partial charge on any atom is 0.147 e. The number of fused-ring (bicyclic) bond motifs is 1. The van der Waals surface area contributed by atoms with Crippen LogP contribution < -0.4 is 5.73 Å². The highest BCUT2D eigenvalue weighted by Gasteiger charge is 2.18. The smallest absolute Gasteiger partial charge is 0.147 e. The van der Waals surface area contributed by atoms with Gasteiger partial charge in [-0.3, -0.25) is 4.90 Å². The van der Waals surface area contributed by atoms with Crippen LogP contribution in [0.2, 0.25) is 5.02 Å². The predicted molar refractivity (Wildman–Crippen MR) is 70.0 cm³/mol. The Labute approximate surface area is 110 Å². The van der Waals surface area contributed by atoms with Crippen molar-refractivity contribution < 1.29 is 0 Å². The second kappa shape index (κ2) is 4.59. The molecule has 1 aliphatic heterocycles. The van der Waals surface area contributed by atoms with E-state index in [1.807, 2.05) is 18.2 Å². The first-order valence-electron chi connectivity index (χ1n) is 5.85. The Morgan fingerprint density at radius 2 is 2.22 bits per heavy atom. The molecule has 0 spiro atoms. The summed E-state index contributed by atoms with van der Waals surface area (Å²) >= 11 is 6.18. The van der Waals surface area contributed by atoms with Crippen LogP contribution in [0.5, 0.6) is 0 Å². The molecule has 0 saturated carbocycles. The zero-order valence-corrected chi connectivity index (χ0v) is 10.6. The summed E-state index contributed by atoms with van der Waals surface area (Å²) in [6, 6.07) is 5.60. The van der Waals surface area contributed by atoms with Crippen LogP contribution in [0, 0.1) is 0 Å². The van der Waals surface area contributed by atoms with E-state index in [-0.39, 0.29) is 0 Å². The molecule has 0 unspecified atom stereocenters. The van der Waals surface area contributed by atoms with Crippen molar-refractivity contribution in [3.63, 3.8) is 0 Å². The van der Waals surface area contributed by atoms with Crippen molar-refractivity contribution in [3.05, 3.63) is 40.9 Å². The molecule has 1 aromatic carbocycles. The Kier molecular flexibility index (Phi) is 2.93. The van der Waals surface area contributed by atoms with E-state index < -0.39 is 0 Å². The first kappa shape index (κ1) is 11.5. The lowest BCUT2D eigenvalue weighted by atomic mass is 10.2. The second-order valence-corrected chi connectivity index (χ2v) is 4.91. The van der Waals surface area contributed by atoms with E-state index in [1.54, 1.807) is 6.33 Å². The quantitative estimate of drug-likeness (QED) is 0.835. The van der Waals surface area contributed by atoms with Gasteiger partial charge in [0, 0.05) is 30.3 Å². The SMILES string of the molecule is Nc1ccc(Cl)c(CN2CCn3cnnc3C2)c1. The van der Waals surface area contributed by atoms with Gasteiger partial charge in [-0.05, 0) is 23.8 Å². The summed E-state index contributed by atoms with van der Waals surface area (Å²) in [5.41, 5.74) is 7.59. The summed E-state index contributed by atoms with van der Waals surface area (Å²) < 4.78 is 2.08.